The van der Waals surface area contributed by atoms with Gasteiger partial charge in [0, 0.05) is 42.7 Å². The second-order valence-corrected chi connectivity index (χ2v) is 9.72. The van der Waals surface area contributed by atoms with Crippen molar-refractivity contribution in [2.45, 2.75) is 64.0 Å². The number of fused-ring (bicyclic) bond motifs is 1. The molecule has 2 amide bonds. The fourth-order valence-electron chi connectivity index (χ4n) is 5.39. The number of likely N-dealkylation sites (tertiary alicyclic amines) is 1. The maximum atomic E-state index is 12.9. The third-order valence-electron chi connectivity index (χ3n) is 7.28. The number of nitrogens with zero attached hydrogens (tertiary/aromatic N) is 4. The van der Waals surface area contributed by atoms with Crippen molar-refractivity contribution >= 4 is 23.4 Å². The molecule has 1 saturated heterocycles. The third-order valence-corrected chi connectivity index (χ3v) is 7.53. The van der Waals surface area contributed by atoms with Crippen molar-refractivity contribution < 1.29 is 9.59 Å². The van der Waals surface area contributed by atoms with Gasteiger partial charge in [-0.15, -0.1) is 10.2 Å². The molecule has 5 rings (SSSR count). The number of carbonyl (C=O) groups excluding carboxylic acids is 2. The van der Waals surface area contributed by atoms with Crippen LogP contribution in [0.2, 0.25) is 5.02 Å². The van der Waals surface area contributed by atoms with Gasteiger partial charge in [-0.3, -0.25) is 9.59 Å². The van der Waals surface area contributed by atoms with Crippen molar-refractivity contribution in [3.63, 3.8) is 0 Å². The predicted octanol–water partition coefficient (Wildman–Crippen LogP) is 3.47. The molecule has 2 fully saturated rings. The van der Waals surface area contributed by atoms with Gasteiger partial charge < -0.3 is 14.8 Å². The Bertz CT molecular complexity index is 982. The Kier molecular flexibility index (Phi) is 5.46. The molecule has 1 aromatic heterocycles. The van der Waals surface area contributed by atoms with Gasteiger partial charge in [-0.2, -0.15) is 0 Å². The summed E-state index contributed by atoms with van der Waals surface area (Å²) in [5.41, 5.74) is 0.750. The first-order valence-electron chi connectivity index (χ1n) is 11.3. The summed E-state index contributed by atoms with van der Waals surface area (Å²) in [5.74, 6) is 1.28. The highest BCUT2D eigenvalue weighted by Crippen LogP contribution is 2.41. The SMILES string of the molecule is O=C(NC1CCCC1)c1nnc2n1CCC1(CC2)CCN(C(=O)c2ccc(Cl)cc2)C1. The Morgan fingerprint density at radius 3 is 2.55 bits per heavy atom. The van der Waals surface area contributed by atoms with E-state index in [4.69, 9.17) is 11.6 Å². The molecule has 164 valence electrons. The quantitative estimate of drug-likeness (QED) is 0.790. The van der Waals surface area contributed by atoms with Gasteiger partial charge in [0.05, 0.1) is 0 Å². The maximum absolute atomic E-state index is 12.9. The fraction of sp³-hybridized carbons (Fsp3) is 0.565. The minimum atomic E-state index is -0.104. The first kappa shape index (κ1) is 20.5. The van der Waals surface area contributed by atoms with Gasteiger partial charge in [-0.05, 0) is 61.8 Å². The number of rotatable bonds is 3. The van der Waals surface area contributed by atoms with Crippen LogP contribution in [-0.4, -0.2) is 50.6 Å². The van der Waals surface area contributed by atoms with Crippen LogP contribution in [0.5, 0.6) is 0 Å². The lowest BCUT2D eigenvalue weighted by Gasteiger charge is -2.27. The summed E-state index contributed by atoms with van der Waals surface area (Å²) in [5, 5.41) is 12.3. The smallest absolute Gasteiger partial charge is 0.289 e. The first-order chi connectivity index (χ1) is 15.0. The fourth-order valence-corrected chi connectivity index (χ4v) is 5.51. The lowest BCUT2D eigenvalue weighted by Crippen LogP contribution is -2.35. The summed E-state index contributed by atoms with van der Waals surface area (Å²) < 4.78 is 2.00. The Morgan fingerprint density at radius 1 is 1.03 bits per heavy atom. The number of hydrogen-bond acceptors (Lipinski definition) is 4. The van der Waals surface area contributed by atoms with Gasteiger partial charge in [-0.25, -0.2) is 0 Å². The van der Waals surface area contributed by atoms with Crippen LogP contribution in [0.15, 0.2) is 24.3 Å². The zero-order valence-corrected chi connectivity index (χ0v) is 18.4. The minimum absolute atomic E-state index is 0.0637. The second-order valence-electron chi connectivity index (χ2n) is 9.28. The number of carbonyl (C=O) groups is 2. The molecule has 3 heterocycles. The van der Waals surface area contributed by atoms with E-state index in [0.717, 1.165) is 64.0 Å². The van der Waals surface area contributed by atoms with Crippen LogP contribution in [0.1, 0.15) is 71.7 Å². The highest BCUT2D eigenvalue weighted by atomic mass is 35.5. The second kappa shape index (κ2) is 8.26. The lowest BCUT2D eigenvalue weighted by atomic mass is 9.80. The molecule has 0 bridgehead atoms. The van der Waals surface area contributed by atoms with Crippen LogP contribution >= 0.6 is 11.6 Å². The van der Waals surface area contributed by atoms with Crippen molar-refractivity contribution in [3.8, 4) is 0 Å². The monoisotopic (exact) mass is 441 g/mol. The van der Waals surface area contributed by atoms with Crippen LogP contribution in [0.3, 0.4) is 0 Å². The number of halogens is 1. The molecule has 1 spiro atoms. The molecule has 7 nitrogen and oxygen atoms in total. The molecule has 8 heteroatoms. The first-order valence-corrected chi connectivity index (χ1v) is 11.7. The molecule has 1 aliphatic carbocycles. The van der Waals surface area contributed by atoms with Crippen LogP contribution in [-0.2, 0) is 13.0 Å². The molecule has 0 radical (unpaired) electrons. The zero-order chi connectivity index (χ0) is 21.4. The van der Waals surface area contributed by atoms with E-state index in [0.29, 0.717) is 16.4 Å². The molecule has 1 atom stereocenters. The van der Waals surface area contributed by atoms with Crippen LogP contribution in [0, 0.1) is 5.41 Å². The molecular weight excluding hydrogens is 414 g/mol. The van der Waals surface area contributed by atoms with E-state index >= 15 is 0 Å². The molecule has 31 heavy (non-hydrogen) atoms. The van der Waals surface area contributed by atoms with Crippen LogP contribution in [0.4, 0.5) is 0 Å². The normalized spacial score (nSPS) is 23.7. The summed E-state index contributed by atoms with van der Waals surface area (Å²) in [4.78, 5) is 27.7. The summed E-state index contributed by atoms with van der Waals surface area (Å²) >= 11 is 5.96. The molecular formula is C23H28ClN5O2. The van der Waals surface area contributed by atoms with Gasteiger partial charge in [0.2, 0.25) is 5.82 Å². The topological polar surface area (TPSA) is 80.1 Å². The Labute approximate surface area is 187 Å². The number of aromatic nitrogens is 3. The molecule has 3 aliphatic rings. The molecule has 2 aliphatic heterocycles. The molecule has 1 unspecified atom stereocenters. The molecule has 2 aromatic rings. The van der Waals surface area contributed by atoms with Crippen molar-refractivity contribution in [1.82, 2.24) is 25.0 Å². The number of benzene rings is 1. The van der Waals surface area contributed by atoms with E-state index in [2.05, 4.69) is 15.5 Å². The third kappa shape index (κ3) is 4.07. The van der Waals surface area contributed by atoms with Gasteiger partial charge in [0.15, 0.2) is 0 Å². The maximum Gasteiger partial charge on any atom is 0.289 e. The van der Waals surface area contributed by atoms with Gasteiger partial charge in [-0.1, -0.05) is 24.4 Å². The minimum Gasteiger partial charge on any atom is -0.347 e. The number of amides is 2. The van der Waals surface area contributed by atoms with Crippen molar-refractivity contribution in [3.05, 3.63) is 46.5 Å². The van der Waals surface area contributed by atoms with E-state index in [-0.39, 0.29) is 23.3 Å². The van der Waals surface area contributed by atoms with E-state index in [9.17, 15) is 9.59 Å². The van der Waals surface area contributed by atoms with E-state index in [1.807, 2.05) is 9.47 Å². The summed E-state index contributed by atoms with van der Waals surface area (Å²) in [6.45, 7) is 2.23. The molecule has 1 aromatic carbocycles. The van der Waals surface area contributed by atoms with Gasteiger partial charge >= 0.3 is 0 Å². The van der Waals surface area contributed by atoms with E-state index < -0.39 is 0 Å². The van der Waals surface area contributed by atoms with Crippen LogP contribution < -0.4 is 5.32 Å². The average molecular weight is 442 g/mol. The number of aryl methyl sites for hydroxylation is 1. The van der Waals surface area contributed by atoms with E-state index in [1.165, 1.54) is 12.8 Å². The zero-order valence-electron chi connectivity index (χ0n) is 17.6. The Balaban J connectivity index is 1.26. The summed E-state index contributed by atoms with van der Waals surface area (Å²) in [6, 6.07) is 7.37. The van der Waals surface area contributed by atoms with E-state index in [1.54, 1.807) is 24.3 Å². The molecule has 1 saturated carbocycles. The van der Waals surface area contributed by atoms with Crippen LogP contribution in [0.25, 0.3) is 0 Å². The summed E-state index contributed by atoms with van der Waals surface area (Å²) in [7, 11) is 0. The molecule has 1 N–H and O–H groups in total. The number of nitrogens with one attached hydrogen (secondary N) is 1. The van der Waals surface area contributed by atoms with Crippen molar-refractivity contribution in [2.24, 2.45) is 5.41 Å². The van der Waals surface area contributed by atoms with Gasteiger partial charge in [0.25, 0.3) is 11.8 Å². The largest absolute Gasteiger partial charge is 0.347 e. The predicted molar refractivity (Wildman–Crippen MR) is 117 cm³/mol. The Morgan fingerprint density at radius 2 is 1.77 bits per heavy atom. The highest BCUT2D eigenvalue weighted by Gasteiger charge is 2.41. The van der Waals surface area contributed by atoms with Gasteiger partial charge in [0.1, 0.15) is 5.82 Å². The number of hydrogen-bond donors (Lipinski definition) is 1. The van der Waals surface area contributed by atoms with Crippen molar-refractivity contribution in [1.29, 1.82) is 0 Å². The standard InChI is InChI=1S/C23H28ClN5O2/c24-17-7-5-16(6-8-17)22(31)28-13-11-23(15-28)10-9-19-26-27-20(29(19)14-12-23)21(30)25-18-3-1-2-4-18/h5-8,18H,1-4,9-15H2,(H,25,30). The average Bonchev–Trinajstić information content (AvgIpc) is 3.49. The summed E-state index contributed by atoms with van der Waals surface area (Å²) in [6.07, 6.45) is 8.10. The van der Waals surface area contributed by atoms with Crippen molar-refractivity contribution in [2.75, 3.05) is 13.1 Å². The lowest BCUT2D eigenvalue weighted by molar-refractivity contribution is 0.0767. The highest BCUT2D eigenvalue weighted by molar-refractivity contribution is 6.30. The Hall–Kier alpha value is -2.41.